The average molecular weight is 351 g/mol. The first kappa shape index (κ1) is 14.6. The highest BCUT2D eigenvalue weighted by Gasteiger charge is 2.23. The molecule has 0 aliphatic carbocycles. The largest absolute Gasteiger partial charge is 0.299 e. The van der Waals surface area contributed by atoms with Gasteiger partial charge in [-0.2, -0.15) is 0 Å². The van der Waals surface area contributed by atoms with E-state index in [-0.39, 0.29) is 0 Å². The fourth-order valence-electron chi connectivity index (χ4n) is 2.48. The van der Waals surface area contributed by atoms with E-state index in [0.717, 1.165) is 41.2 Å². The Morgan fingerprint density at radius 3 is 2.33 bits per heavy atom. The molecule has 0 amide bonds. The number of benzene rings is 1. The first-order valence-electron chi connectivity index (χ1n) is 6.37. The molecule has 4 heteroatoms. The maximum Gasteiger partial charge on any atom is 0.0465 e. The quantitative estimate of drug-likeness (QED) is 0.694. The first-order chi connectivity index (χ1) is 8.58. The van der Waals surface area contributed by atoms with Crippen LogP contribution in [0.15, 0.2) is 18.2 Å². The van der Waals surface area contributed by atoms with Crippen molar-refractivity contribution in [3.05, 3.63) is 33.8 Å². The van der Waals surface area contributed by atoms with Gasteiger partial charge in [-0.1, -0.05) is 52.1 Å². The molecule has 1 saturated heterocycles. The molecule has 0 radical (unpaired) electrons. The third kappa shape index (κ3) is 3.63. The highest BCUT2D eigenvalue weighted by atomic mass is 79.9. The van der Waals surface area contributed by atoms with Crippen molar-refractivity contribution in [3.8, 4) is 0 Å². The van der Waals surface area contributed by atoms with Crippen molar-refractivity contribution in [1.82, 2.24) is 4.90 Å². The predicted molar refractivity (Wildman–Crippen MR) is 82.9 cm³/mol. The molecule has 0 bridgehead atoms. The Kier molecular flexibility index (Phi) is 5.37. The number of rotatable bonds is 3. The standard InChI is InChI=1S/C14H18BrCl2N/c1-10(15)11-5-7-18(8-6-11)9-12-13(16)3-2-4-14(12)17/h2-4,10-11H,5-9H2,1H3. The van der Waals surface area contributed by atoms with Gasteiger partial charge in [0.1, 0.15) is 0 Å². The molecule has 0 N–H and O–H groups in total. The minimum atomic E-state index is 0.614. The van der Waals surface area contributed by atoms with Crippen LogP contribution in [0, 0.1) is 5.92 Å². The molecule has 0 aromatic heterocycles. The van der Waals surface area contributed by atoms with Crippen molar-refractivity contribution in [2.75, 3.05) is 13.1 Å². The normalized spacial score (nSPS) is 20.0. The van der Waals surface area contributed by atoms with Crippen molar-refractivity contribution in [1.29, 1.82) is 0 Å². The Balaban J connectivity index is 1.96. The third-order valence-corrected chi connectivity index (χ3v) is 5.18. The predicted octanol–water partition coefficient (Wildman–Crippen LogP) is 4.99. The zero-order valence-electron chi connectivity index (χ0n) is 10.5. The number of hydrogen-bond donors (Lipinski definition) is 0. The second-order valence-electron chi connectivity index (χ2n) is 4.99. The van der Waals surface area contributed by atoms with E-state index in [4.69, 9.17) is 23.2 Å². The van der Waals surface area contributed by atoms with Gasteiger partial charge in [0.15, 0.2) is 0 Å². The molecule has 1 heterocycles. The molecule has 18 heavy (non-hydrogen) atoms. The fourth-order valence-corrected chi connectivity index (χ4v) is 3.52. The summed E-state index contributed by atoms with van der Waals surface area (Å²) < 4.78 is 0. The Labute approximate surface area is 128 Å². The van der Waals surface area contributed by atoms with Crippen LogP contribution in [0.2, 0.25) is 10.0 Å². The second-order valence-corrected chi connectivity index (χ2v) is 7.25. The number of halogens is 3. The van der Waals surface area contributed by atoms with Crippen LogP contribution in [-0.2, 0) is 6.54 Å². The van der Waals surface area contributed by atoms with Gasteiger partial charge in [-0.15, -0.1) is 0 Å². The van der Waals surface area contributed by atoms with Gasteiger partial charge in [0.2, 0.25) is 0 Å². The number of hydrogen-bond acceptors (Lipinski definition) is 1. The van der Waals surface area contributed by atoms with E-state index in [1.165, 1.54) is 12.8 Å². The maximum atomic E-state index is 6.21. The van der Waals surface area contributed by atoms with Gasteiger partial charge in [-0.05, 0) is 44.0 Å². The average Bonchev–Trinajstić information content (AvgIpc) is 2.34. The van der Waals surface area contributed by atoms with Gasteiger partial charge in [0, 0.05) is 27.0 Å². The smallest absolute Gasteiger partial charge is 0.0465 e. The van der Waals surface area contributed by atoms with Crippen LogP contribution in [0.5, 0.6) is 0 Å². The second kappa shape index (κ2) is 6.60. The molecule has 1 aliphatic heterocycles. The van der Waals surface area contributed by atoms with Gasteiger partial charge < -0.3 is 0 Å². The van der Waals surface area contributed by atoms with E-state index in [2.05, 4.69) is 27.8 Å². The molecule has 1 aromatic carbocycles. The van der Waals surface area contributed by atoms with Gasteiger partial charge in [0.25, 0.3) is 0 Å². The van der Waals surface area contributed by atoms with Gasteiger partial charge >= 0.3 is 0 Å². The van der Waals surface area contributed by atoms with Crippen molar-refractivity contribution in [2.24, 2.45) is 5.92 Å². The van der Waals surface area contributed by atoms with Crippen LogP contribution in [0.25, 0.3) is 0 Å². The van der Waals surface area contributed by atoms with Crippen LogP contribution in [0.1, 0.15) is 25.3 Å². The van der Waals surface area contributed by atoms with Crippen LogP contribution >= 0.6 is 39.1 Å². The van der Waals surface area contributed by atoms with Gasteiger partial charge in [0.05, 0.1) is 0 Å². The van der Waals surface area contributed by atoms with Crippen molar-refractivity contribution < 1.29 is 0 Å². The number of likely N-dealkylation sites (tertiary alicyclic amines) is 1. The minimum Gasteiger partial charge on any atom is -0.299 e. The Bertz CT molecular complexity index is 381. The van der Waals surface area contributed by atoms with E-state index in [1.807, 2.05) is 18.2 Å². The third-order valence-electron chi connectivity index (χ3n) is 3.73. The van der Waals surface area contributed by atoms with E-state index in [1.54, 1.807) is 0 Å². The van der Waals surface area contributed by atoms with Gasteiger partial charge in [-0.3, -0.25) is 4.90 Å². The molecule has 0 saturated carbocycles. The summed E-state index contributed by atoms with van der Waals surface area (Å²) in [5.41, 5.74) is 1.06. The van der Waals surface area contributed by atoms with Crippen molar-refractivity contribution >= 4 is 39.1 Å². The fraction of sp³-hybridized carbons (Fsp3) is 0.571. The lowest BCUT2D eigenvalue weighted by atomic mass is 9.94. The molecular formula is C14H18BrCl2N. The summed E-state index contributed by atoms with van der Waals surface area (Å²) in [6.45, 7) is 5.36. The number of piperidine rings is 1. The van der Waals surface area contributed by atoms with Crippen molar-refractivity contribution in [2.45, 2.75) is 31.1 Å². The van der Waals surface area contributed by atoms with Crippen LogP contribution in [-0.4, -0.2) is 22.8 Å². The first-order valence-corrected chi connectivity index (χ1v) is 8.04. The zero-order valence-corrected chi connectivity index (χ0v) is 13.6. The Morgan fingerprint density at radius 2 is 1.83 bits per heavy atom. The highest BCUT2D eigenvalue weighted by molar-refractivity contribution is 9.09. The highest BCUT2D eigenvalue weighted by Crippen LogP contribution is 2.29. The SMILES string of the molecule is CC(Br)C1CCN(Cc2c(Cl)cccc2Cl)CC1. The van der Waals surface area contributed by atoms with E-state index in [9.17, 15) is 0 Å². The zero-order chi connectivity index (χ0) is 13.1. The topological polar surface area (TPSA) is 3.24 Å². The molecule has 2 rings (SSSR count). The maximum absolute atomic E-state index is 6.21. The number of alkyl halides is 1. The summed E-state index contributed by atoms with van der Waals surface area (Å²) in [4.78, 5) is 3.06. The lowest BCUT2D eigenvalue weighted by Crippen LogP contribution is -2.35. The lowest BCUT2D eigenvalue weighted by Gasteiger charge is -2.33. The monoisotopic (exact) mass is 349 g/mol. The molecule has 1 aromatic rings. The summed E-state index contributed by atoms with van der Waals surface area (Å²) in [5, 5.41) is 1.55. The summed E-state index contributed by atoms with van der Waals surface area (Å²) in [6, 6.07) is 5.72. The summed E-state index contributed by atoms with van der Waals surface area (Å²) in [5.74, 6) is 0.794. The molecule has 100 valence electrons. The lowest BCUT2D eigenvalue weighted by molar-refractivity contribution is 0.178. The molecule has 1 aliphatic rings. The van der Waals surface area contributed by atoms with Gasteiger partial charge in [-0.25, -0.2) is 0 Å². The molecule has 1 fully saturated rings. The minimum absolute atomic E-state index is 0.614. The van der Waals surface area contributed by atoms with Crippen LogP contribution in [0.3, 0.4) is 0 Å². The molecular weight excluding hydrogens is 333 g/mol. The molecule has 1 atom stereocenters. The Morgan fingerprint density at radius 1 is 1.28 bits per heavy atom. The molecule has 1 unspecified atom stereocenters. The molecule has 1 nitrogen and oxygen atoms in total. The number of nitrogens with zero attached hydrogens (tertiary/aromatic N) is 1. The van der Waals surface area contributed by atoms with E-state index >= 15 is 0 Å². The van der Waals surface area contributed by atoms with E-state index in [0.29, 0.717) is 4.83 Å². The van der Waals surface area contributed by atoms with Crippen LogP contribution in [0.4, 0.5) is 0 Å². The Hall–Kier alpha value is 0.240. The van der Waals surface area contributed by atoms with Crippen molar-refractivity contribution in [3.63, 3.8) is 0 Å². The summed E-state index contributed by atoms with van der Waals surface area (Å²) >= 11 is 16.1. The summed E-state index contributed by atoms with van der Waals surface area (Å²) in [7, 11) is 0. The van der Waals surface area contributed by atoms with Crippen LogP contribution < -0.4 is 0 Å². The molecule has 0 spiro atoms. The van der Waals surface area contributed by atoms with E-state index < -0.39 is 0 Å². The summed E-state index contributed by atoms with van der Waals surface area (Å²) in [6.07, 6.45) is 2.49.